The van der Waals surface area contributed by atoms with Crippen LogP contribution < -0.4 is 10.0 Å². The molecule has 0 radical (unpaired) electrons. The number of carbonyl (C=O) groups excluding carboxylic acids is 2. The summed E-state index contributed by atoms with van der Waals surface area (Å²) >= 11 is 5.99. The largest absolute Gasteiger partial charge is 0.452 e. The van der Waals surface area contributed by atoms with E-state index in [4.69, 9.17) is 22.8 Å². The molecule has 7 nitrogen and oxygen atoms in total. The normalized spacial score (nSPS) is 10.8. The first-order chi connectivity index (χ1) is 13.2. The summed E-state index contributed by atoms with van der Waals surface area (Å²) in [6.45, 7) is 1.10. The van der Waals surface area contributed by atoms with Gasteiger partial charge in [0.15, 0.2) is 6.61 Å². The van der Waals surface area contributed by atoms with Gasteiger partial charge in [-0.1, -0.05) is 29.7 Å². The average Bonchev–Trinajstić information content (AvgIpc) is 2.67. The summed E-state index contributed by atoms with van der Waals surface area (Å²) in [5.74, 6) is 0.752. The molecule has 9 heteroatoms. The number of hydrogen-bond donors (Lipinski definition) is 2. The molecule has 0 fully saturated rings. The van der Waals surface area contributed by atoms with Crippen LogP contribution in [0.3, 0.4) is 0 Å². The number of aryl methyl sites for hydroxylation is 1. The van der Waals surface area contributed by atoms with Gasteiger partial charge in [-0.25, -0.2) is 13.2 Å². The van der Waals surface area contributed by atoms with Crippen LogP contribution in [0.5, 0.6) is 0 Å². The van der Waals surface area contributed by atoms with E-state index in [1.54, 1.807) is 18.2 Å². The van der Waals surface area contributed by atoms with E-state index >= 15 is 0 Å². The van der Waals surface area contributed by atoms with Crippen molar-refractivity contribution in [3.63, 3.8) is 0 Å². The van der Waals surface area contributed by atoms with E-state index in [1.165, 1.54) is 18.2 Å². The van der Waals surface area contributed by atoms with E-state index in [-0.39, 0.29) is 17.0 Å². The SMILES string of the molecule is C#CCNS(=O)(=O)c1cccc(C(=O)OCC(=O)Nc2ccc(C)c(Cl)c2)c1. The van der Waals surface area contributed by atoms with Crippen molar-refractivity contribution >= 4 is 39.2 Å². The number of amides is 1. The van der Waals surface area contributed by atoms with Gasteiger partial charge in [-0.3, -0.25) is 4.79 Å². The Balaban J connectivity index is 1.99. The molecule has 0 saturated carbocycles. The van der Waals surface area contributed by atoms with E-state index in [2.05, 4.69) is 16.0 Å². The molecule has 28 heavy (non-hydrogen) atoms. The summed E-state index contributed by atoms with van der Waals surface area (Å²) < 4.78 is 31.2. The Morgan fingerprint density at radius 1 is 1.21 bits per heavy atom. The number of ether oxygens (including phenoxy) is 1. The molecule has 0 atom stereocenters. The zero-order valence-electron chi connectivity index (χ0n) is 14.9. The fraction of sp³-hybridized carbons (Fsp3) is 0.158. The monoisotopic (exact) mass is 420 g/mol. The van der Waals surface area contributed by atoms with E-state index in [0.29, 0.717) is 10.7 Å². The van der Waals surface area contributed by atoms with Crippen LogP contribution in [0.25, 0.3) is 0 Å². The Kier molecular flexibility index (Phi) is 7.18. The molecule has 2 aromatic carbocycles. The lowest BCUT2D eigenvalue weighted by Gasteiger charge is -2.09. The lowest BCUT2D eigenvalue weighted by Crippen LogP contribution is -2.24. The van der Waals surface area contributed by atoms with Crippen LogP contribution in [0.2, 0.25) is 5.02 Å². The molecule has 2 aromatic rings. The maximum absolute atomic E-state index is 12.1. The van der Waals surface area contributed by atoms with Gasteiger partial charge >= 0.3 is 5.97 Å². The van der Waals surface area contributed by atoms with Gasteiger partial charge < -0.3 is 10.1 Å². The number of anilines is 1. The standard InChI is InChI=1S/C19H17ClN2O5S/c1-3-9-21-28(25,26)16-6-4-5-14(10-16)19(24)27-12-18(23)22-15-8-7-13(2)17(20)11-15/h1,4-8,10-11,21H,9,12H2,2H3,(H,22,23). The molecular formula is C19H17ClN2O5S. The second-order valence-electron chi connectivity index (χ2n) is 5.64. The average molecular weight is 421 g/mol. The van der Waals surface area contributed by atoms with Crippen LogP contribution in [0, 0.1) is 19.3 Å². The molecule has 1 amide bonds. The van der Waals surface area contributed by atoms with E-state index in [0.717, 1.165) is 11.6 Å². The Bertz CT molecular complexity index is 1040. The minimum Gasteiger partial charge on any atom is -0.452 e. The highest BCUT2D eigenvalue weighted by Gasteiger charge is 2.17. The lowest BCUT2D eigenvalue weighted by atomic mass is 10.2. The predicted octanol–water partition coefficient (Wildman–Crippen LogP) is 2.36. The highest BCUT2D eigenvalue weighted by atomic mass is 35.5. The van der Waals surface area contributed by atoms with Crippen molar-refractivity contribution in [2.24, 2.45) is 0 Å². The van der Waals surface area contributed by atoms with Crippen LogP contribution in [-0.4, -0.2) is 33.4 Å². The first-order valence-electron chi connectivity index (χ1n) is 7.99. The van der Waals surface area contributed by atoms with Crippen molar-refractivity contribution in [1.82, 2.24) is 4.72 Å². The van der Waals surface area contributed by atoms with Crippen LogP contribution in [0.4, 0.5) is 5.69 Å². The maximum atomic E-state index is 12.1. The molecule has 2 rings (SSSR count). The molecular weight excluding hydrogens is 404 g/mol. The van der Waals surface area contributed by atoms with E-state index in [1.807, 2.05) is 6.92 Å². The van der Waals surface area contributed by atoms with Gasteiger partial charge in [0.1, 0.15) is 0 Å². The number of terminal acetylenes is 1. The summed E-state index contributed by atoms with van der Waals surface area (Å²) in [5.41, 5.74) is 1.30. The molecule has 2 N–H and O–H groups in total. The highest BCUT2D eigenvalue weighted by molar-refractivity contribution is 7.89. The molecule has 0 heterocycles. The number of benzene rings is 2. The quantitative estimate of drug-likeness (QED) is 0.529. The van der Waals surface area contributed by atoms with E-state index in [9.17, 15) is 18.0 Å². The van der Waals surface area contributed by atoms with Gasteiger partial charge in [0, 0.05) is 10.7 Å². The van der Waals surface area contributed by atoms with Gasteiger partial charge in [0.05, 0.1) is 17.0 Å². The van der Waals surface area contributed by atoms with Crippen LogP contribution in [0.15, 0.2) is 47.4 Å². The summed E-state index contributed by atoms with van der Waals surface area (Å²) in [7, 11) is -3.85. The molecule has 146 valence electrons. The summed E-state index contributed by atoms with van der Waals surface area (Å²) in [6, 6.07) is 10.2. The smallest absolute Gasteiger partial charge is 0.338 e. The minimum atomic E-state index is -3.85. The van der Waals surface area contributed by atoms with Gasteiger partial charge in [-0.15, -0.1) is 6.42 Å². The summed E-state index contributed by atoms with van der Waals surface area (Å²) in [4.78, 5) is 23.9. The van der Waals surface area contributed by atoms with Crippen molar-refractivity contribution < 1.29 is 22.7 Å². The minimum absolute atomic E-state index is 0.0187. The fourth-order valence-corrected chi connectivity index (χ4v) is 3.25. The third kappa shape index (κ3) is 5.82. The number of carbonyl (C=O) groups is 2. The highest BCUT2D eigenvalue weighted by Crippen LogP contribution is 2.20. The van der Waals surface area contributed by atoms with Gasteiger partial charge in [0.25, 0.3) is 5.91 Å². The lowest BCUT2D eigenvalue weighted by molar-refractivity contribution is -0.119. The third-order valence-electron chi connectivity index (χ3n) is 3.53. The number of esters is 1. The molecule has 0 unspecified atom stereocenters. The Hall–Kier alpha value is -2.86. The fourth-order valence-electron chi connectivity index (χ4n) is 2.09. The number of hydrogen-bond acceptors (Lipinski definition) is 5. The molecule has 0 aliphatic heterocycles. The third-order valence-corrected chi connectivity index (χ3v) is 5.34. The molecule has 0 aliphatic carbocycles. The van der Waals surface area contributed by atoms with Crippen LogP contribution >= 0.6 is 11.6 Å². The topological polar surface area (TPSA) is 102 Å². The number of nitrogens with one attached hydrogen (secondary N) is 2. The van der Waals surface area contributed by atoms with Gasteiger partial charge in [0.2, 0.25) is 10.0 Å². The Labute approximate surface area is 168 Å². The first kappa shape index (κ1) is 21.4. The van der Waals surface area contributed by atoms with E-state index < -0.39 is 28.5 Å². The maximum Gasteiger partial charge on any atom is 0.338 e. The first-order valence-corrected chi connectivity index (χ1v) is 9.85. The van der Waals surface area contributed by atoms with Crippen LogP contribution in [0.1, 0.15) is 15.9 Å². The molecule has 0 aliphatic rings. The summed E-state index contributed by atoms with van der Waals surface area (Å²) in [6.07, 6.45) is 5.03. The van der Waals surface area contributed by atoms with Gasteiger partial charge in [-0.2, -0.15) is 4.72 Å². The van der Waals surface area contributed by atoms with Crippen molar-refractivity contribution in [3.8, 4) is 12.3 Å². The number of rotatable bonds is 7. The van der Waals surface area contributed by atoms with Crippen molar-refractivity contribution in [2.75, 3.05) is 18.5 Å². The zero-order valence-corrected chi connectivity index (χ0v) is 16.4. The van der Waals surface area contributed by atoms with Crippen molar-refractivity contribution in [3.05, 3.63) is 58.6 Å². The molecule has 0 aromatic heterocycles. The molecule has 0 saturated heterocycles. The predicted molar refractivity (Wildman–Crippen MR) is 106 cm³/mol. The second kappa shape index (κ2) is 9.37. The van der Waals surface area contributed by atoms with Crippen molar-refractivity contribution in [2.45, 2.75) is 11.8 Å². The number of halogens is 1. The summed E-state index contributed by atoms with van der Waals surface area (Å²) in [5, 5.41) is 3.04. The second-order valence-corrected chi connectivity index (χ2v) is 7.82. The Morgan fingerprint density at radius 2 is 1.96 bits per heavy atom. The number of sulfonamides is 1. The molecule has 0 bridgehead atoms. The molecule has 0 spiro atoms. The van der Waals surface area contributed by atoms with Crippen molar-refractivity contribution in [1.29, 1.82) is 0 Å². The zero-order chi connectivity index (χ0) is 20.7. The van der Waals surface area contributed by atoms with Gasteiger partial charge in [-0.05, 0) is 42.8 Å². The Morgan fingerprint density at radius 3 is 2.64 bits per heavy atom. The van der Waals surface area contributed by atoms with Crippen LogP contribution in [-0.2, 0) is 19.6 Å².